The molecule has 41 heavy (non-hydrogen) atoms. The molecule has 4 rings (SSSR count). The van der Waals surface area contributed by atoms with Gasteiger partial charge in [0.15, 0.2) is 11.5 Å². The van der Waals surface area contributed by atoms with E-state index in [0.717, 1.165) is 22.8 Å². The van der Waals surface area contributed by atoms with Crippen molar-refractivity contribution in [2.75, 3.05) is 13.7 Å². The number of aromatic amines is 1. The van der Waals surface area contributed by atoms with Crippen LogP contribution in [0.5, 0.6) is 0 Å². The van der Waals surface area contributed by atoms with Crippen molar-refractivity contribution in [1.82, 2.24) is 25.6 Å². The molecule has 0 bridgehead atoms. The zero-order valence-electron chi connectivity index (χ0n) is 26.5. The first-order chi connectivity index (χ1) is 19.8. The van der Waals surface area contributed by atoms with E-state index in [-0.39, 0.29) is 5.91 Å². The lowest BCUT2D eigenvalue weighted by molar-refractivity contribution is 0.0965. The molecule has 1 aliphatic heterocycles. The SMILES string of the molecule is CCCC.CCCCCC(C)CC.COC1=CC(C)=C(NC(=O)c2ccnc3nc(-c4ccc(C)cc4)[nH]c23)CN1. The number of carbonyl (C=O) groups excluding carboxylic acids is 1. The van der Waals surface area contributed by atoms with Crippen LogP contribution in [-0.4, -0.2) is 34.5 Å². The van der Waals surface area contributed by atoms with Gasteiger partial charge in [0.05, 0.1) is 24.7 Å². The molecule has 0 saturated heterocycles. The first kappa shape index (κ1) is 33.6. The summed E-state index contributed by atoms with van der Waals surface area (Å²) in [4.78, 5) is 25.0. The standard InChI is InChI=1S/C21H21N5O2.C9H20.C4H10/c1-12-4-6-14(7-5-12)19-25-18-15(8-9-22-20(18)26-19)21(27)24-16-11-23-17(28-3)10-13(16)2;1-4-6-7-8-9(3)5-2;1-3-4-2/h4-10,23H,11H2,1-3H3,(H,24,27)(H,22,25,26);9H,4-8H2,1-3H3;3-4H2,1-2H3. The van der Waals surface area contributed by atoms with E-state index in [1.165, 1.54) is 50.5 Å². The van der Waals surface area contributed by atoms with Crippen LogP contribution in [0.15, 0.2) is 59.8 Å². The van der Waals surface area contributed by atoms with Crippen LogP contribution in [0.2, 0.25) is 0 Å². The molecule has 1 amide bonds. The summed E-state index contributed by atoms with van der Waals surface area (Å²) in [5, 5.41) is 6.09. The summed E-state index contributed by atoms with van der Waals surface area (Å²) >= 11 is 0. The van der Waals surface area contributed by atoms with Gasteiger partial charge in [-0.15, -0.1) is 0 Å². The van der Waals surface area contributed by atoms with E-state index in [0.29, 0.717) is 35.0 Å². The van der Waals surface area contributed by atoms with Crippen LogP contribution in [0.4, 0.5) is 0 Å². The van der Waals surface area contributed by atoms with Crippen LogP contribution in [-0.2, 0) is 4.74 Å². The molecule has 1 aromatic carbocycles. The average Bonchev–Trinajstić information content (AvgIpc) is 3.43. The van der Waals surface area contributed by atoms with Crippen molar-refractivity contribution in [1.29, 1.82) is 0 Å². The number of fused-ring (bicyclic) bond motifs is 1. The van der Waals surface area contributed by atoms with Crippen LogP contribution in [0.1, 0.15) is 102 Å². The fourth-order valence-corrected chi connectivity index (χ4v) is 4.02. The molecule has 1 aliphatic rings. The lowest BCUT2D eigenvalue weighted by atomic mass is 10.0. The Hall–Kier alpha value is -3.61. The maximum atomic E-state index is 12.9. The summed E-state index contributed by atoms with van der Waals surface area (Å²) in [6, 6.07) is 9.73. The van der Waals surface area contributed by atoms with Gasteiger partial charge in [0.1, 0.15) is 5.82 Å². The molecule has 1 atom stereocenters. The third kappa shape index (κ3) is 10.7. The molecule has 2 aromatic heterocycles. The zero-order chi connectivity index (χ0) is 30.2. The number of aromatic nitrogens is 3. The van der Waals surface area contributed by atoms with E-state index in [1.807, 2.05) is 44.2 Å². The molecular weight excluding hydrogens is 510 g/mol. The number of ether oxygens (including phenoxy) is 1. The van der Waals surface area contributed by atoms with E-state index < -0.39 is 0 Å². The van der Waals surface area contributed by atoms with E-state index in [4.69, 9.17) is 4.74 Å². The molecule has 0 fully saturated rings. The molecule has 3 aromatic rings. The number of benzene rings is 1. The van der Waals surface area contributed by atoms with Crippen molar-refractivity contribution in [3.05, 3.63) is 70.9 Å². The largest absolute Gasteiger partial charge is 0.483 e. The summed E-state index contributed by atoms with van der Waals surface area (Å²) in [5.74, 6) is 2.11. The van der Waals surface area contributed by atoms with Gasteiger partial charge in [0, 0.05) is 23.5 Å². The number of allylic oxidation sites excluding steroid dienone is 2. The number of hydrogen-bond acceptors (Lipinski definition) is 5. The highest BCUT2D eigenvalue weighted by atomic mass is 16.5. The number of nitrogens with zero attached hydrogens (tertiary/aromatic N) is 2. The van der Waals surface area contributed by atoms with Crippen LogP contribution >= 0.6 is 0 Å². The van der Waals surface area contributed by atoms with Crippen LogP contribution in [0.25, 0.3) is 22.6 Å². The van der Waals surface area contributed by atoms with Crippen molar-refractivity contribution in [2.45, 2.75) is 93.4 Å². The van der Waals surface area contributed by atoms with Crippen molar-refractivity contribution < 1.29 is 9.53 Å². The predicted molar refractivity (Wildman–Crippen MR) is 172 cm³/mol. The van der Waals surface area contributed by atoms with Crippen molar-refractivity contribution >= 4 is 17.1 Å². The number of methoxy groups -OCH3 is 1. The highest BCUT2D eigenvalue weighted by molar-refractivity contribution is 6.05. The molecule has 7 nitrogen and oxygen atoms in total. The van der Waals surface area contributed by atoms with Gasteiger partial charge >= 0.3 is 0 Å². The van der Waals surface area contributed by atoms with Gasteiger partial charge in [-0.2, -0.15) is 0 Å². The summed E-state index contributed by atoms with van der Waals surface area (Å²) in [6.07, 6.45) is 13.1. The minimum absolute atomic E-state index is 0.211. The van der Waals surface area contributed by atoms with Crippen LogP contribution in [0.3, 0.4) is 0 Å². The van der Waals surface area contributed by atoms with Gasteiger partial charge in [-0.25, -0.2) is 9.97 Å². The molecule has 0 saturated carbocycles. The Balaban J connectivity index is 0.000000380. The third-order valence-corrected chi connectivity index (χ3v) is 7.21. The minimum Gasteiger partial charge on any atom is -0.483 e. The number of carbonyl (C=O) groups is 1. The molecule has 0 radical (unpaired) electrons. The summed E-state index contributed by atoms with van der Waals surface area (Å²) in [5.41, 5.74) is 5.49. The van der Waals surface area contributed by atoms with E-state index in [1.54, 1.807) is 19.4 Å². The van der Waals surface area contributed by atoms with Gasteiger partial charge in [0.25, 0.3) is 5.91 Å². The summed E-state index contributed by atoms with van der Waals surface area (Å²) in [6.45, 7) is 15.7. The first-order valence-corrected chi connectivity index (χ1v) is 15.2. The summed E-state index contributed by atoms with van der Waals surface area (Å²) < 4.78 is 5.19. The number of dihydropyridines is 1. The predicted octanol–water partition coefficient (Wildman–Crippen LogP) is 8.45. The van der Waals surface area contributed by atoms with Gasteiger partial charge in [-0.3, -0.25) is 4.79 Å². The Morgan fingerprint density at radius 1 is 1.02 bits per heavy atom. The van der Waals surface area contributed by atoms with E-state index >= 15 is 0 Å². The van der Waals surface area contributed by atoms with Crippen molar-refractivity contribution in [2.24, 2.45) is 5.92 Å². The number of unbranched alkanes of at least 4 members (excludes halogenated alkanes) is 3. The lowest BCUT2D eigenvalue weighted by Gasteiger charge is -2.20. The number of nitrogens with one attached hydrogen (secondary N) is 3. The van der Waals surface area contributed by atoms with Gasteiger partial charge < -0.3 is 20.4 Å². The molecule has 0 aliphatic carbocycles. The highest BCUT2D eigenvalue weighted by Crippen LogP contribution is 2.22. The van der Waals surface area contributed by atoms with Gasteiger partial charge in [0.2, 0.25) is 0 Å². The highest BCUT2D eigenvalue weighted by Gasteiger charge is 2.18. The maximum absolute atomic E-state index is 12.9. The number of rotatable bonds is 10. The Kier molecular flexibility index (Phi) is 14.7. The van der Waals surface area contributed by atoms with E-state index in [2.05, 4.69) is 60.2 Å². The number of hydrogen-bond donors (Lipinski definition) is 3. The van der Waals surface area contributed by atoms with Crippen LogP contribution < -0.4 is 10.6 Å². The Morgan fingerprint density at radius 3 is 2.32 bits per heavy atom. The monoisotopic (exact) mass is 561 g/mol. The second-order valence-electron chi connectivity index (χ2n) is 10.7. The van der Waals surface area contributed by atoms with Gasteiger partial charge in [-0.1, -0.05) is 109 Å². The zero-order valence-corrected chi connectivity index (χ0v) is 26.5. The fraction of sp³-hybridized carbons (Fsp3) is 0.500. The lowest BCUT2D eigenvalue weighted by Crippen LogP contribution is -2.33. The Bertz CT molecular complexity index is 1270. The quantitative estimate of drug-likeness (QED) is 0.216. The third-order valence-electron chi connectivity index (χ3n) is 7.21. The number of imidazole rings is 1. The fourth-order valence-electron chi connectivity index (χ4n) is 4.02. The van der Waals surface area contributed by atoms with Crippen LogP contribution in [0, 0.1) is 12.8 Å². The number of amides is 1. The molecular formula is C34H51N5O2. The van der Waals surface area contributed by atoms with Crippen molar-refractivity contribution in [3.8, 4) is 11.4 Å². The topological polar surface area (TPSA) is 91.9 Å². The molecule has 3 heterocycles. The maximum Gasteiger partial charge on any atom is 0.257 e. The Labute approximate surface area is 247 Å². The second-order valence-corrected chi connectivity index (χ2v) is 10.7. The number of aryl methyl sites for hydroxylation is 1. The minimum atomic E-state index is -0.211. The first-order valence-electron chi connectivity index (χ1n) is 15.2. The molecule has 224 valence electrons. The molecule has 0 spiro atoms. The molecule has 7 heteroatoms. The molecule has 3 N–H and O–H groups in total. The van der Waals surface area contributed by atoms with E-state index in [9.17, 15) is 4.79 Å². The van der Waals surface area contributed by atoms with Gasteiger partial charge in [-0.05, 0) is 31.4 Å². The molecule has 1 unspecified atom stereocenters. The van der Waals surface area contributed by atoms with Crippen molar-refractivity contribution in [3.63, 3.8) is 0 Å². The number of pyridine rings is 1. The summed E-state index contributed by atoms with van der Waals surface area (Å²) in [7, 11) is 1.60. The Morgan fingerprint density at radius 2 is 1.73 bits per heavy atom. The average molecular weight is 562 g/mol. The number of H-pyrrole nitrogens is 1. The smallest absolute Gasteiger partial charge is 0.257 e. The second kappa shape index (κ2) is 17.9. The normalized spacial score (nSPS) is 13.2.